The highest BCUT2D eigenvalue weighted by Crippen LogP contribution is 2.47. The molecule has 0 aliphatic carbocycles. The first-order valence-corrected chi connectivity index (χ1v) is 7.24. The van der Waals surface area contributed by atoms with E-state index in [1.165, 1.54) is 0 Å². The van der Waals surface area contributed by atoms with E-state index in [0.717, 1.165) is 6.07 Å². The van der Waals surface area contributed by atoms with Crippen molar-refractivity contribution in [2.75, 3.05) is 6.61 Å². The third kappa shape index (κ3) is 3.68. The molecule has 1 aliphatic heterocycles. The van der Waals surface area contributed by atoms with Gasteiger partial charge in [0, 0.05) is 5.56 Å². The first kappa shape index (κ1) is 17.0. The van der Waals surface area contributed by atoms with Gasteiger partial charge in [0.1, 0.15) is 11.0 Å². The first-order valence-electron chi connectivity index (χ1n) is 6.42. The fourth-order valence-electron chi connectivity index (χ4n) is 1.74. The fourth-order valence-corrected chi connectivity index (χ4v) is 2.70. The van der Waals surface area contributed by atoms with Crippen LogP contribution in [0.3, 0.4) is 0 Å². The largest absolute Gasteiger partial charge is 0.462 e. The van der Waals surface area contributed by atoms with Crippen LogP contribution in [0.5, 0.6) is 0 Å². The van der Waals surface area contributed by atoms with Gasteiger partial charge in [-0.3, -0.25) is 0 Å². The summed E-state index contributed by atoms with van der Waals surface area (Å²) in [5.41, 5.74) is -1.08. The van der Waals surface area contributed by atoms with Gasteiger partial charge < -0.3 is 9.47 Å². The number of halogens is 3. The molecule has 0 amide bonds. The van der Waals surface area contributed by atoms with Crippen LogP contribution in [-0.4, -0.2) is 18.8 Å². The average molecular weight is 341 g/mol. The summed E-state index contributed by atoms with van der Waals surface area (Å²) in [6, 6.07) is 9.25. The lowest BCUT2D eigenvalue weighted by Crippen LogP contribution is -2.12. The zero-order chi connectivity index (χ0) is 17.0. The molecule has 0 unspecified atom stereocenters. The van der Waals surface area contributed by atoms with Gasteiger partial charge in [0.2, 0.25) is 0 Å². The molecule has 0 bridgehead atoms. The van der Waals surface area contributed by atoms with E-state index in [1.54, 1.807) is 37.3 Å². The van der Waals surface area contributed by atoms with Crippen LogP contribution in [0.25, 0.3) is 5.76 Å². The molecule has 1 aromatic rings. The summed E-state index contributed by atoms with van der Waals surface area (Å²) in [6.07, 6.45) is -4.87. The van der Waals surface area contributed by atoms with Gasteiger partial charge in [-0.05, 0) is 18.7 Å². The second-order valence-electron chi connectivity index (χ2n) is 4.22. The summed E-state index contributed by atoms with van der Waals surface area (Å²) in [5, 5.41) is 8.07. The minimum absolute atomic E-state index is 0.0546. The Bertz CT molecular complexity index is 718. The summed E-state index contributed by atoms with van der Waals surface area (Å²) in [7, 11) is 0. The monoisotopic (exact) mass is 341 g/mol. The molecule has 1 aromatic carbocycles. The highest BCUT2D eigenvalue weighted by atomic mass is 32.2. The number of thioether (sulfide) groups is 1. The average Bonchev–Trinajstić information content (AvgIpc) is 2.92. The second kappa shape index (κ2) is 6.79. The van der Waals surface area contributed by atoms with Crippen molar-refractivity contribution in [3.63, 3.8) is 0 Å². The van der Waals surface area contributed by atoms with E-state index in [9.17, 15) is 18.0 Å². The summed E-state index contributed by atoms with van der Waals surface area (Å²) < 4.78 is 48.6. The zero-order valence-electron chi connectivity index (χ0n) is 11.8. The normalized spacial score (nSPS) is 16.7. The molecular weight excluding hydrogens is 331 g/mol. The quantitative estimate of drug-likeness (QED) is 0.615. The Hall–Kier alpha value is -2.40. The van der Waals surface area contributed by atoms with E-state index in [1.807, 2.05) is 0 Å². The van der Waals surface area contributed by atoms with E-state index >= 15 is 0 Å². The predicted octanol–water partition coefficient (Wildman–Crippen LogP) is 3.98. The van der Waals surface area contributed by atoms with Gasteiger partial charge in [0.15, 0.2) is 16.4 Å². The van der Waals surface area contributed by atoms with Gasteiger partial charge in [-0.25, -0.2) is 4.79 Å². The van der Waals surface area contributed by atoms with Gasteiger partial charge >= 0.3 is 12.1 Å². The highest BCUT2D eigenvalue weighted by molar-refractivity contribution is 8.07. The molecule has 4 nitrogen and oxygen atoms in total. The maximum absolute atomic E-state index is 12.9. The molecule has 2 rings (SSSR count). The van der Waals surface area contributed by atoms with Crippen LogP contribution < -0.4 is 0 Å². The number of alkyl halides is 3. The molecule has 0 saturated heterocycles. The Kier molecular flexibility index (Phi) is 5.01. The Morgan fingerprint density at radius 2 is 2.00 bits per heavy atom. The molecule has 0 fully saturated rings. The fraction of sp³-hybridized carbons (Fsp3) is 0.200. The molecule has 0 atom stereocenters. The summed E-state index contributed by atoms with van der Waals surface area (Å²) in [4.78, 5) is 11.8. The van der Waals surface area contributed by atoms with Gasteiger partial charge in [0.05, 0.1) is 6.61 Å². The Morgan fingerprint density at radius 3 is 2.52 bits per heavy atom. The van der Waals surface area contributed by atoms with Crippen LogP contribution in [0.4, 0.5) is 13.2 Å². The number of esters is 1. The Labute approximate surface area is 134 Å². The van der Waals surface area contributed by atoms with Crippen molar-refractivity contribution >= 4 is 23.5 Å². The predicted molar refractivity (Wildman–Crippen MR) is 77.4 cm³/mol. The molecule has 0 N–H and O–H groups in total. The topological polar surface area (TPSA) is 59.3 Å². The standard InChI is InChI=1S/C15H10F3NO3S/c1-2-21-13(20)12-11(9-6-4-3-5-7-9)22-14(23-12)10(8-19)15(16,17)18/h3-7H,2H2,1H3/b14-10-. The number of carbonyl (C=O) groups excluding carboxylic acids is 1. The number of nitrogens with zero attached hydrogens (tertiary/aromatic N) is 1. The Morgan fingerprint density at radius 1 is 1.35 bits per heavy atom. The molecule has 1 heterocycles. The molecule has 0 spiro atoms. The van der Waals surface area contributed by atoms with Crippen molar-refractivity contribution in [2.24, 2.45) is 0 Å². The minimum Gasteiger partial charge on any atom is -0.462 e. The van der Waals surface area contributed by atoms with E-state index in [-0.39, 0.29) is 17.3 Å². The smallest absolute Gasteiger partial charge is 0.430 e. The number of rotatable bonds is 3. The lowest BCUT2D eigenvalue weighted by Gasteiger charge is -2.08. The van der Waals surface area contributed by atoms with Gasteiger partial charge in [-0.15, -0.1) is 0 Å². The molecule has 23 heavy (non-hydrogen) atoms. The molecule has 8 heteroatoms. The number of allylic oxidation sites excluding steroid dienone is 1. The second-order valence-corrected chi connectivity index (χ2v) is 5.20. The van der Waals surface area contributed by atoms with Crippen molar-refractivity contribution in [3.8, 4) is 6.07 Å². The minimum atomic E-state index is -4.87. The van der Waals surface area contributed by atoms with E-state index in [2.05, 4.69) is 0 Å². The van der Waals surface area contributed by atoms with Crippen molar-refractivity contribution in [3.05, 3.63) is 51.5 Å². The Balaban J connectivity index is 2.50. The lowest BCUT2D eigenvalue weighted by molar-refractivity contribution is -0.137. The number of carbonyl (C=O) groups is 1. The van der Waals surface area contributed by atoms with Crippen molar-refractivity contribution in [1.82, 2.24) is 0 Å². The molecule has 0 aromatic heterocycles. The van der Waals surface area contributed by atoms with Gasteiger partial charge in [-0.1, -0.05) is 30.3 Å². The summed E-state index contributed by atoms with van der Waals surface area (Å²) >= 11 is 0.441. The van der Waals surface area contributed by atoms with E-state index in [4.69, 9.17) is 14.7 Å². The first-order chi connectivity index (χ1) is 10.9. The van der Waals surface area contributed by atoms with Crippen molar-refractivity contribution < 1.29 is 27.4 Å². The maximum Gasteiger partial charge on any atom is 0.430 e. The molecular formula is C15H10F3NO3S. The van der Waals surface area contributed by atoms with Gasteiger partial charge in [-0.2, -0.15) is 18.4 Å². The zero-order valence-corrected chi connectivity index (χ0v) is 12.6. The third-order valence-electron chi connectivity index (χ3n) is 2.69. The van der Waals surface area contributed by atoms with E-state index in [0.29, 0.717) is 17.3 Å². The number of benzene rings is 1. The lowest BCUT2D eigenvalue weighted by atomic mass is 10.2. The number of hydrogen-bond donors (Lipinski definition) is 0. The molecule has 0 radical (unpaired) electrons. The number of nitriles is 1. The number of ether oxygens (including phenoxy) is 2. The third-order valence-corrected chi connectivity index (χ3v) is 3.72. The van der Waals surface area contributed by atoms with Crippen LogP contribution in [0.2, 0.25) is 0 Å². The van der Waals surface area contributed by atoms with Crippen molar-refractivity contribution in [1.29, 1.82) is 5.26 Å². The highest BCUT2D eigenvalue weighted by Gasteiger charge is 2.42. The molecule has 120 valence electrons. The molecule has 1 aliphatic rings. The van der Waals surface area contributed by atoms with Crippen molar-refractivity contribution in [2.45, 2.75) is 13.1 Å². The van der Waals surface area contributed by atoms with Crippen LogP contribution in [-0.2, 0) is 14.3 Å². The SMILES string of the molecule is CCOC(=O)C1=C(c2ccccc2)O/C(=C(\C#N)C(F)(F)F)S1. The van der Waals surface area contributed by atoms with E-state index < -0.39 is 22.8 Å². The summed E-state index contributed by atoms with van der Waals surface area (Å²) in [6.45, 7) is 1.64. The van der Waals surface area contributed by atoms with Crippen LogP contribution >= 0.6 is 11.8 Å². The maximum atomic E-state index is 12.9. The van der Waals surface area contributed by atoms with Crippen LogP contribution in [0, 0.1) is 11.3 Å². The van der Waals surface area contributed by atoms with Gasteiger partial charge in [0.25, 0.3) is 0 Å². The number of hydrogen-bond acceptors (Lipinski definition) is 5. The molecule has 0 saturated carbocycles. The summed E-state index contributed by atoms with van der Waals surface area (Å²) in [5.74, 6) is -0.855. The van der Waals surface area contributed by atoms with Crippen LogP contribution in [0.15, 0.2) is 45.9 Å². The van der Waals surface area contributed by atoms with Crippen LogP contribution in [0.1, 0.15) is 12.5 Å².